The maximum absolute atomic E-state index is 14.5. The van der Waals surface area contributed by atoms with Gasteiger partial charge in [0.25, 0.3) is 0 Å². The average molecular weight is 469 g/mol. The van der Waals surface area contributed by atoms with Gasteiger partial charge in [0.2, 0.25) is 10.0 Å². The highest BCUT2D eigenvalue weighted by Gasteiger charge is 2.49. The molecule has 3 atom stereocenters. The molecule has 1 saturated heterocycles. The van der Waals surface area contributed by atoms with E-state index in [0.717, 1.165) is 11.3 Å². The van der Waals surface area contributed by atoms with Crippen LogP contribution in [-0.4, -0.2) is 44.1 Å². The number of aliphatic hydroxyl groups excluding tert-OH is 1. The first kappa shape index (κ1) is 21.9. The lowest BCUT2D eigenvalue weighted by atomic mass is 9.82. The SMILES string of the molecule is COc1ccccc1S(=O)(=O)N1CC[C@@H]2[C@@H](CO)Nc3ccc(-c4ccccc4F)cc3[C@@H]21. The highest BCUT2D eigenvalue weighted by molar-refractivity contribution is 7.89. The standard InChI is InChI=1S/C25H25FN2O4S/c1-32-23-8-4-5-9-24(23)33(30,31)28-13-12-18-22(15-29)27-21-11-10-16(14-19(21)25(18)28)17-6-2-3-7-20(17)26/h2-11,14,18,22,25,27,29H,12-13,15H2,1H3/t18-,22-,25-/m1/s1. The molecule has 0 saturated carbocycles. The van der Waals surface area contributed by atoms with Gasteiger partial charge in [-0.3, -0.25) is 0 Å². The van der Waals surface area contributed by atoms with Crippen molar-refractivity contribution in [1.29, 1.82) is 0 Å². The summed E-state index contributed by atoms with van der Waals surface area (Å²) < 4.78 is 48.9. The molecule has 2 aliphatic rings. The minimum Gasteiger partial charge on any atom is -0.495 e. The minimum absolute atomic E-state index is 0.110. The number of nitrogens with one attached hydrogen (secondary N) is 1. The molecule has 3 aromatic carbocycles. The molecule has 0 bridgehead atoms. The highest BCUT2D eigenvalue weighted by atomic mass is 32.2. The molecule has 3 aromatic rings. The second kappa shape index (κ2) is 8.44. The number of benzene rings is 3. The molecule has 8 heteroatoms. The molecule has 6 nitrogen and oxygen atoms in total. The number of ether oxygens (including phenoxy) is 1. The number of halogens is 1. The highest BCUT2D eigenvalue weighted by Crippen LogP contribution is 2.49. The fourth-order valence-electron chi connectivity index (χ4n) is 5.11. The van der Waals surface area contributed by atoms with Crippen molar-refractivity contribution in [1.82, 2.24) is 4.31 Å². The molecular weight excluding hydrogens is 443 g/mol. The van der Waals surface area contributed by atoms with E-state index in [1.54, 1.807) is 42.5 Å². The molecule has 2 N–H and O–H groups in total. The molecule has 0 unspecified atom stereocenters. The van der Waals surface area contributed by atoms with Crippen LogP contribution in [0.3, 0.4) is 0 Å². The van der Waals surface area contributed by atoms with Crippen LogP contribution in [0.2, 0.25) is 0 Å². The van der Waals surface area contributed by atoms with Gasteiger partial charge < -0.3 is 15.2 Å². The smallest absolute Gasteiger partial charge is 0.247 e. The number of para-hydroxylation sites is 1. The Kier molecular flexibility index (Phi) is 5.60. The summed E-state index contributed by atoms with van der Waals surface area (Å²) in [7, 11) is -2.44. The number of nitrogens with zero attached hydrogens (tertiary/aromatic N) is 1. The lowest BCUT2D eigenvalue weighted by Crippen LogP contribution is -2.42. The number of methoxy groups -OCH3 is 1. The van der Waals surface area contributed by atoms with E-state index >= 15 is 0 Å². The van der Waals surface area contributed by atoms with E-state index in [0.29, 0.717) is 24.1 Å². The van der Waals surface area contributed by atoms with Crippen LogP contribution in [0.25, 0.3) is 11.1 Å². The predicted octanol–water partition coefficient (Wildman–Crippen LogP) is 4.04. The van der Waals surface area contributed by atoms with Crippen LogP contribution in [0.1, 0.15) is 18.0 Å². The molecule has 172 valence electrons. The summed E-state index contributed by atoms with van der Waals surface area (Å²) in [4.78, 5) is 0.110. The first-order chi connectivity index (χ1) is 16.0. The fourth-order valence-corrected chi connectivity index (χ4v) is 6.93. The Morgan fingerprint density at radius 1 is 1.12 bits per heavy atom. The van der Waals surface area contributed by atoms with Crippen molar-refractivity contribution >= 4 is 15.7 Å². The molecule has 0 aromatic heterocycles. The maximum Gasteiger partial charge on any atom is 0.247 e. The van der Waals surface area contributed by atoms with E-state index in [9.17, 15) is 17.9 Å². The monoisotopic (exact) mass is 468 g/mol. The van der Waals surface area contributed by atoms with Crippen molar-refractivity contribution in [2.45, 2.75) is 23.4 Å². The van der Waals surface area contributed by atoms with Crippen molar-refractivity contribution in [2.75, 3.05) is 25.6 Å². The number of fused-ring (bicyclic) bond motifs is 3. The van der Waals surface area contributed by atoms with E-state index < -0.39 is 16.1 Å². The number of aliphatic hydroxyl groups is 1. The van der Waals surface area contributed by atoms with Gasteiger partial charge in [0, 0.05) is 23.7 Å². The number of anilines is 1. The Balaban J connectivity index is 1.64. The molecule has 2 aliphatic heterocycles. The first-order valence-electron chi connectivity index (χ1n) is 10.9. The first-order valence-corrected chi connectivity index (χ1v) is 12.3. The van der Waals surface area contributed by atoms with Crippen molar-refractivity contribution in [3.63, 3.8) is 0 Å². The van der Waals surface area contributed by atoms with Crippen LogP contribution in [0.4, 0.5) is 10.1 Å². The number of rotatable bonds is 5. The quantitative estimate of drug-likeness (QED) is 0.591. The second-order valence-corrected chi connectivity index (χ2v) is 10.2. The summed E-state index contributed by atoms with van der Waals surface area (Å²) in [5.74, 6) is -0.173. The van der Waals surface area contributed by atoms with Gasteiger partial charge in [-0.2, -0.15) is 4.31 Å². The molecule has 5 rings (SSSR count). The van der Waals surface area contributed by atoms with Crippen LogP contribution >= 0.6 is 0 Å². The summed E-state index contributed by atoms with van der Waals surface area (Å²) in [5, 5.41) is 13.4. The van der Waals surface area contributed by atoms with Gasteiger partial charge in [-0.1, -0.05) is 36.4 Å². The van der Waals surface area contributed by atoms with Crippen molar-refractivity contribution in [3.8, 4) is 16.9 Å². The molecule has 33 heavy (non-hydrogen) atoms. The fraction of sp³-hybridized carbons (Fsp3) is 0.280. The third kappa shape index (κ3) is 3.58. The zero-order chi connectivity index (χ0) is 23.2. The Morgan fingerprint density at radius 3 is 2.64 bits per heavy atom. The normalized spacial score (nSPS) is 22.3. The van der Waals surface area contributed by atoms with Crippen LogP contribution in [0.5, 0.6) is 5.75 Å². The van der Waals surface area contributed by atoms with E-state index in [4.69, 9.17) is 4.74 Å². The predicted molar refractivity (Wildman–Crippen MR) is 124 cm³/mol. The van der Waals surface area contributed by atoms with Crippen molar-refractivity contribution < 1.29 is 22.7 Å². The lowest BCUT2D eigenvalue weighted by Gasteiger charge is -2.39. The maximum atomic E-state index is 14.5. The topological polar surface area (TPSA) is 78.9 Å². The summed E-state index contributed by atoms with van der Waals surface area (Å²) in [6, 6.07) is 17.8. The molecule has 1 fully saturated rings. The Hall–Kier alpha value is -2.94. The summed E-state index contributed by atoms with van der Waals surface area (Å²) in [6.07, 6.45) is 0.598. The van der Waals surface area contributed by atoms with Gasteiger partial charge in [-0.05, 0) is 47.9 Å². The molecule has 2 heterocycles. The Morgan fingerprint density at radius 2 is 1.88 bits per heavy atom. The molecular formula is C25H25FN2O4S. The Labute approximate surface area is 192 Å². The minimum atomic E-state index is -3.89. The third-order valence-electron chi connectivity index (χ3n) is 6.66. The van der Waals surface area contributed by atoms with E-state index in [-0.39, 0.29) is 35.0 Å². The van der Waals surface area contributed by atoms with E-state index in [1.807, 2.05) is 18.2 Å². The molecule has 0 aliphatic carbocycles. The second-order valence-electron chi connectivity index (χ2n) is 8.38. The Bertz CT molecular complexity index is 1300. The average Bonchev–Trinajstić information content (AvgIpc) is 3.30. The van der Waals surface area contributed by atoms with E-state index in [2.05, 4.69) is 5.32 Å². The number of hydrogen-bond acceptors (Lipinski definition) is 5. The third-order valence-corrected chi connectivity index (χ3v) is 8.58. The lowest BCUT2D eigenvalue weighted by molar-refractivity contribution is 0.210. The van der Waals surface area contributed by atoms with Crippen molar-refractivity contribution in [2.24, 2.45) is 5.92 Å². The van der Waals surface area contributed by atoms with Crippen LogP contribution in [-0.2, 0) is 10.0 Å². The van der Waals surface area contributed by atoms with Gasteiger partial charge in [0.05, 0.1) is 25.8 Å². The molecule has 0 radical (unpaired) electrons. The number of sulfonamides is 1. The zero-order valence-corrected chi connectivity index (χ0v) is 18.9. The van der Waals surface area contributed by atoms with Crippen LogP contribution in [0.15, 0.2) is 71.6 Å². The molecule has 0 amide bonds. The van der Waals surface area contributed by atoms with Crippen LogP contribution < -0.4 is 10.1 Å². The summed E-state index contributed by atoms with van der Waals surface area (Å²) in [6.45, 7) is 0.204. The van der Waals surface area contributed by atoms with Gasteiger partial charge in [-0.15, -0.1) is 0 Å². The van der Waals surface area contributed by atoms with Crippen LogP contribution in [0, 0.1) is 11.7 Å². The van der Waals surface area contributed by atoms with E-state index in [1.165, 1.54) is 17.5 Å². The summed E-state index contributed by atoms with van der Waals surface area (Å²) in [5.41, 5.74) is 2.66. The summed E-state index contributed by atoms with van der Waals surface area (Å²) >= 11 is 0. The largest absolute Gasteiger partial charge is 0.495 e. The van der Waals surface area contributed by atoms with Gasteiger partial charge in [0.15, 0.2) is 0 Å². The van der Waals surface area contributed by atoms with Crippen molar-refractivity contribution in [3.05, 3.63) is 78.1 Å². The van der Waals surface area contributed by atoms with Gasteiger partial charge >= 0.3 is 0 Å². The zero-order valence-electron chi connectivity index (χ0n) is 18.1. The molecule has 0 spiro atoms. The van der Waals surface area contributed by atoms with Gasteiger partial charge in [-0.25, -0.2) is 12.8 Å². The number of hydrogen-bond donors (Lipinski definition) is 2. The van der Waals surface area contributed by atoms with Gasteiger partial charge in [0.1, 0.15) is 16.5 Å².